The van der Waals surface area contributed by atoms with Gasteiger partial charge in [0.25, 0.3) is 5.91 Å². The number of ether oxygens (including phenoxy) is 1. The molecule has 0 spiro atoms. The minimum atomic E-state index is -0.431. The van der Waals surface area contributed by atoms with Gasteiger partial charge in [-0.15, -0.1) is 0 Å². The molecule has 0 atom stereocenters. The van der Waals surface area contributed by atoms with Gasteiger partial charge in [0, 0.05) is 50.5 Å². The van der Waals surface area contributed by atoms with Crippen LogP contribution in [0.25, 0.3) is 0 Å². The van der Waals surface area contributed by atoms with Gasteiger partial charge in [0.15, 0.2) is 0 Å². The molecule has 2 N–H and O–H groups in total. The highest BCUT2D eigenvalue weighted by Gasteiger charge is 2.28. The summed E-state index contributed by atoms with van der Waals surface area (Å²) in [6, 6.07) is 5.04. The molecule has 1 aromatic carbocycles. The molecule has 3 saturated heterocycles. The van der Waals surface area contributed by atoms with E-state index in [9.17, 15) is 14.4 Å². The van der Waals surface area contributed by atoms with E-state index in [4.69, 9.17) is 4.74 Å². The Bertz CT molecular complexity index is 860. The first kappa shape index (κ1) is 23.7. The zero-order valence-electron chi connectivity index (χ0n) is 19.6. The number of hydrogen-bond acceptors (Lipinski definition) is 5. The fraction of sp³-hybridized carbons (Fsp3) is 0.640. The Hall–Kier alpha value is -2.45. The average Bonchev–Trinajstić information content (AvgIpc) is 2.83. The molecular formula is C25H36N4O4. The molecule has 4 rings (SSSR count). The number of carbonyl (C=O) groups is 3. The lowest BCUT2D eigenvalue weighted by atomic mass is 9.95. The van der Waals surface area contributed by atoms with Crippen molar-refractivity contribution in [3.8, 4) is 0 Å². The van der Waals surface area contributed by atoms with Crippen molar-refractivity contribution in [3.63, 3.8) is 0 Å². The molecule has 3 aliphatic heterocycles. The number of anilines is 1. The first-order valence-corrected chi connectivity index (χ1v) is 12.3. The Morgan fingerprint density at radius 1 is 1.06 bits per heavy atom. The molecule has 0 unspecified atom stereocenters. The van der Waals surface area contributed by atoms with Crippen molar-refractivity contribution in [1.29, 1.82) is 0 Å². The number of carbonyl (C=O) groups excluding carboxylic acids is 3. The molecule has 3 fully saturated rings. The molecule has 0 aromatic heterocycles. The molecule has 0 radical (unpaired) electrons. The van der Waals surface area contributed by atoms with E-state index in [1.807, 2.05) is 24.0 Å². The van der Waals surface area contributed by atoms with E-state index in [1.54, 1.807) is 11.0 Å². The topological polar surface area (TPSA) is 91.0 Å². The van der Waals surface area contributed by atoms with Crippen LogP contribution in [0.3, 0.4) is 0 Å². The lowest BCUT2D eigenvalue weighted by molar-refractivity contribution is -0.120. The van der Waals surface area contributed by atoms with E-state index in [2.05, 4.69) is 10.6 Å². The van der Waals surface area contributed by atoms with Crippen molar-refractivity contribution in [2.75, 3.05) is 50.8 Å². The van der Waals surface area contributed by atoms with E-state index in [0.717, 1.165) is 70.1 Å². The van der Waals surface area contributed by atoms with Crippen molar-refractivity contribution < 1.29 is 19.1 Å². The van der Waals surface area contributed by atoms with E-state index in [1.165, 1.54) is 12.8 Å². The number of aryl methyl sites for hydroxylation is 1. The molecular weight excluding hydrogens is 420 g/mol. The lowest BCUT2D eigenvalue weighted by Crippen LogP contribution is -2.49. The third-order valence-electron chi connectivity index (χ3n) is 7.19. The van der Waals surface area contributed by atoms with Crippen LogP contribution < -0.4 is 15.5 Å². The first-order chi connectivity index (χ1) is 16.0. The fourth-order valence-electron chi connectivity index (χ4n) is 4.98. The fourth-order valence-corrected chi connectivity index (χ4v) is 4.98. The van der Waals surface area contributed by atoms with Gasteiger partial charge in [-0.1, -0.05) is 6.07 Å². The molecule has 0 bridgehead atoms. The number of benzene rings is 1. The molecule has 0 aliphatic carbocycles. The van der Waals surface area contributed by atoms with Gasteiger partial charge in [-0.05, 0) is 81.6 Å². The highest BCUT2D eigenvalue weighted by molar-refractivity contribution is 6.06. The highest BCUT2D eigenvalue weighted by atomic mass is 16.5. The summed E-state index contributed by atoms with van der Waals surface area (Å²) in [5.41, 5.74) is 2.16. The number of imide groups is 1. The molecule has 1 aromatic rings. The van der Waals surface area contributed by atoms with Crippen molar-refractivity contribution >= 4 is 23.5 Å². The predicted octanol–water partition coefficient (Wildman–Crippen LogP) is 2.70. The Morgan fingerprint density at radius 3 is 2.55 bits per heavy atom. The number of nitrogens with zero attached hydrogens (tertiary/aromatic N) is 2. The summed E-state index contributed by atoms with van der Waals surface area (Å²) in [7, 11) is 0. The second-order valence-corrected chi connectivity index (χ2v) is 9.55. The first-order valence-electron chi connectivity index (χ1n) is 12.3. The minimum Gasteiger partial charge on any atom is -0.381 e. The van der Waals surface area contributed by atoms with Crippen LogP contribution in [0.4, 0.5) is 10.5 Å². The largest absolute Gasteiger partial charge is 0.381 e. The molecule has 8 nitrogen and oxygen atoms in total. The number of likely N-dealkylation sites (tertiary alicyclic amines) is 1. The van der Waals surface area contributed by atoms with E-state index in [-0.39, 0.29) is 18.2 Å². The number of urea groups is 1. The maximum absolute atomic E-state index is 13.1. The minimum absolute atomic E-state index is 0.00461. The van der Waals surface area contributed by atoms with E-state index in [0.29, 0.717) is 23.7 Å². The van der Waals surface area contributed by atoms with E-state index < -0.39 is 6.03 Å². The number of hydrogen-bond donors (Lipinski definition) is 2. The normalized spacial score (nSPS) is 20.8. The van der Waals surface area contributed by atoms with Crippen LogP contribution in [0.2, 0.25) is 0 Å². The van der Waals surface area contributed by atoms with Crippen LogP contribution >= 0.6 is 0 Å². The Morgan fingerprint density at radius 2 is 1.82 bits per heavy atom. The molecule has 33 heavy (non-hydrogen) atoms. The van der Waals surface area contributed by atoms with Crippen LogP contribution in [0.1, 0.15) is 54.4 Å². The summed E-state index contributed by atoms with van der Waals surface area (Å²) in [5.74, 6) is 1.03. The van der Waals surface area contributed by atoms with Gasteiger partial charge in [-0.2, -0.15) is 0 Å². The molecule has 3 heterocycles. The standard InChI is InChI=1S/C25H36N4O4/c1-18-2-3-21(16-22(18)29-14-8-23(30)27-25(29)32)24(31)28-12-6-20(7-13-28)17-33-15-9-19-4-10-26-11-5-19/h2-3,16,19-20,26H,4-15,17H2,1H3,(H,27,30,32). The Kier molecular flexibility index (Phi) is 7.98. The Balaban J connectivity index is 1.25. The third-order valence-corrected chi connectivity index (χ3v) is 7.19. The summed E-state index contributed by atoms with van der Waals surface area (Å²) in [6.45, 7) is 7.56. The summed E-state index contributed by atoms with van der Waals surface area (Å²) < 4.78 is 5.98. The molecule has 180 valence electrons. The maximum Gasteiger partial charge on any atom is 0.328 e. The summed E-state index contributed by atoms with van der Waals surface area (Å²) in [6.07, 6.45) is 5.83. The van der Waals surface area contributed by atoms with Crippen LogP contribution in [0.15, 0.2) is 18.2 Å². The molecule has 0 saturated carbocycles. The molecule has 4 amide bonds. The van der Waals surface area contributed by atoms with Crippen molar-refractivity contribution in [2.45, 2.75) is 45.4 Å². The average molecular weight is 457 g/mol. The smallest absolute Gasteiger partial charge is 0.328 e. The van der Waals surface area contributed by atoms with Crippen molar-refractivity contribution in [1.82, 2.24) is 15.5 Å². The SMILES string of the molecule is Cc1ccc(C(=O)N2CCC(COCCC3CCNCC3)CC2)cc1N1CCC(=O)NC1=O. The highest BCUT2D eigenvalue weighted by Crippen LogP contribution is 2.26. The third kappa shape index (κ3) is 6.12. The van der Waals surface area contributed by atoms with Crippen LogP contribution in [0, 0.1) is 18.8 Å². The van der Waals surface area contributed by atoms with Gasteiger partial charge in [-0.25, -0.2) is 4.79 Å². The summed E-state index contributed by atoms with van der Waals surface area (Å²) >= 11 is 0. The van der Waals surface area contributed by atoms with Gasteiger partial charge in [0.2, 0.25) is 5.91 Å². The van der Waals surface area contributed by atoms with Gasteiger partial charge < -0.3 is 15.0 Å². The lowest BCUT2D eigenvalue weighted by Gasteiger charge is -2.33. The number of nitrogens with one attached hydrogen (secondary N) is 2. The van der Waals surface area contributed by atoms with Gasteiger partial charge >= 0.3 is 6.03 Å². The quantitative estimate of drug-likeness (QED) is 0.616. The van der Waals surface area contributed by atoms with Crippen LogP contribution in [-0.2, 0) is 9.53 Å². The second kappa shape index (κ2) is 11.1. The number of amides is 4. The van der Waals surface area contributed by atoms with Crippen LogP contribution in [0.5, 0.6) is 0 Å². The predicted molar refractivity (Wildman–Crippen MR) is 126 cm³/mol. The summed E-state index contributed by atoms with van der Waals surface area (Å²) in [5, 5.41) is 5.75. The maximum atomic E-state index is 13.1. The zero-order chi connectivity index (χ0) is 23.2. The summed E-state index contributed by atoms with van der Waals surface area (Å²) in [4.78, 5) is 40.3. The number of rotatable bonds is 7. The molecule has 8 heteroatoms. The zero-order valence-corrected chi connectivity index (χ0v) is 19.6. The van der Waals surface area contributed by atoms with Crippen molar-refractivity contribution in [3.05, 3.63) is 29.3 Å². The van der Waals surface area contributed by atoms with Crippen LogP contribution in [-0.4, -0.2) is 68.7 Å². The molecule has 3 aliphatic rings. The van der Waals surface area contributed by atoms with Gasteiger partial charge in [-0.3, -0.25) is 19.8 Å². The van der Waals surface area contributed by atoms with E-state index >= 15 is 0 Å². The number of piperidine rings is 2. The monoisotopic (exact) mass is 456 g/mol. The second-order valence-electron chi connectivity index (χ2n) is 9.55. The van der Waals surface area contributed by atoms with Gasteiger partial charge in [0.05, 0.1) is 0 Å². The van der Waals surface area contributed by atoms with Crippen molar-refractivity contribution in [2.24, 2.45) is 11.8 Å². The Labute approximate surface area is 196 Å². The van der Waals surface area contributed by atoms with Gasteiger partial charge in [0.1, 0.15) is 0 Å².